The van der Waals surface area contributed by atoms with Crippen LogP contribution >= 0.6 is 0 Å². The third-order valence-corrected chi connectivity index (χ3v) is 4.62. The summed E-state index contributed by atoms with van der Waals surface area (Å²) in [5.74, 6) is 0.162. The molecule has 4 rings (SSSR count). The average Bonchev–Trinajstić information content (AvgIpc) is 2.87. The second-order valence-corrected chi connectivity index (χ2v) is 5.91. The van der Waals surface area contributed by atoms with Crippen molar-refractivity contribution in [3.05, 3.63) is 60.2 Å². The minimum atomic E-state index is 0.0806. The van der Waals surface area contributed by atoms with Gasteiger partial charge in [-0.15, -0.1) is 0 Å². The van der Waals surface area contributed by atoms with Gasteiger partial charge < -0.3 is 4.90 Å². The molecule has 0 aromatic heterocycles. The summed E-state index contributed by atoms with van der Waals surface area (Å²) in [5.41, 5.74) is 1.29. The first-order valence-electron chi connectivity index (χ1n) is 7.62. The summed E-state index contributed by atoms with van der Waals surface area (Å²) in [6.45, 7) is 0.437. The molecule has 0 aliphatic carbocycles. The maximum atomic E-state index is 11.7. The maximum absolute atomic E-state index is 11.7. The fraction of sp³-hybridized carbons (Fsp3) is 0.211. The Hall–Kier alpha value is -2.39. The van der Waals surface area contributed by atoms with E-state index >= 15 is 0 Å². The third-order valence-electron chi connectivity index (χ3n) is 4.62. The SMILES string of the molecule is CN1C(=O)CN[C@@H]1Cc1cc2ccccc2c2ccccc12. The number of hydrogen-bond donors (Lipinski definition) is 1. The van der Waals surface area contributed by atoms with Crippen molar-refractivity contribution in [3.8, 4) is 0 Å². The summed E-state index contributed by atoms with van der Waals surface area (Å²) in [6, 6.07) is 19.3. The molecule has 1 N–H and O–H groups in total. The zero-order valence-electron chi connectivity index (χ0n) is 12.5. The Kier molecular flexibility index (Phi) is 3.09. The topological polar surface area (TPSA) is 32.3 Å². The second-order valence-electron chi connectivity index (χ2n) is 5.91. The van der Waals surface area contributed by atoms with Crippen LogP contribution in [0, 0.1) is 0 Å². The molecule has 3 nitrogen and oxygen atoms in total. The molecule has 0 spiro atoms. The molecule has 110 valence electrons. The van der Waals surface area contributed by atoms with Gasteiger partial charge in [0.05, 0.1) is 12.7 Å². The van der Waals surface area contributed by atoms with Crippen molar-refractivity contribution in [2.75, 3.05) is 13.6 Å². The normalized spacial score (nSPS) is 18.5. The molecule has 1 saturated heterocycles. The Morgan fingerprint density at radius 1 is 1.05 bits per heavy atom. The lowest BCUT2D eigenvalue weighted by atomic mass is 9.95. The Morgan fingerprint density at radius 2 is 1.73 bits per heavy atom. The highest BCUT2D eigenvalue weighted by Gasteiger charge is 2.27. The van der Waals surface area contributed by atoms with E-state index in [2.05, 4.69) is 59.9 Å². The summed E-state index contributed by atoms with van der Waals surface area (Å²) in [5, 5.41) is 8.38. The van der Waals surface area contributed by atoms with Crippen LogP contribution in [-0.2, 0) is 11.2 Å². The zero-order valence-corrected chi connectivity index (χ0v) is 12.5. The molecule has 0 radical (unpaired) electrons. The van der Waals surface area contributed by atoms with E-state index in [9.17, 15) is 4.79 Å². The van der Waals surface area contributed by atoms with Crippen molar-refractivity contribution in [2.45, 2.75) is 12.6 Å². The number of fused-ring (bicyclic) bond motifs is 3. The number of nitrogens with zero attached hydrogens (tertiary/aromatic N) is 1. The average molecular weight is 290 g/mol. The van der Waals surface area contributed by atoms with Gasteiger partial charge in [-0.05, 0) is 27.1 Å². The lowest BCUT2D eigenvalue weighted by Gasteiger charge is -2.21. The van der Waals surface area contributed by atoms with Crippen molar-refractivity contribution in [2.24, 2.45) is 0 Å². The van der Waals surface area contributed by atoms with Crippen LogP contribution in [0.15, 0.2) is 54.6 Å². The molecule has 3 heteroatoms. The van der Waals surface area contributed by atoms with Crippen molar-refractivity contribution in [1.82, 2.24) is 10.2 Å². The lowest BCUT2D eigenvalue weighted by molar-refractivity contribution is -0.126. The first-order valence-corrected chi connectivity index (χ1v) is 7.62. The lowest BCUT2D eigenvalue weighted by Crippen LogP contribution is -2.36. The molecule has 22 heavy (non-hydrogen) atoms. The van der Waals surface area contributed by atoms with Gasteiger partial charge in [-0.3, -0.25) is 10.1 Å². The smallest absolute Gasteiger partial charge is 0.237 e. The van der Waals surface area contributed by atoms with Crippen LogP contribution < -0.4 is 5.32 Å². The Bertz CT molecular complexity index is 872. The van der Waals surface area contributed by atoms with Crippen molar-refractivity contribution in [3.63, 3.8) is 0 Å². The molecule has 1 amide bonds. The molecule has 3 aromatic rings. The molecule has 0 saturated carbocycles. The van der Waals surface area contributed by atoms with Gasteiger partial charge >= 0.3 is 0 Å². The van der Waals surface area contributed by atoms with E-state index in [0.717, 1.165) is 6.42 Å². The Morgan fingerprint density at radius 3 is 2.45 bits per heavy atom. The van der Waals surface area contributed by atoms with Gasteiger partial charge in [0.2, 0.25) is 5.91 Å². The fourth-order valence-electron chi connectivity index (χ4n) is 3.36. The monoisotopic (exact) mass is 290 g/mol. The highest BCUT2D eigenvalue weighted by molar-refractivity contribution is 6.08. The van der Waals surface area contributed by atoms with Crippen molar-refractivity contribution >= 4 is 27.5 Å². The number of carbonyl (C=O) groups excluding carboxylic acids is 1. The van der Waals surface area contributed by atoms with Crippen LogP contribution in [0.2, 0.25) is 0 Å². The number of benzene rings is 3. The van der Waals surface area contributed by atoms with E-state index in [0.29, 0.717) is 6.54 Å². The van der Waals surface area contributed by atoms with Gasteiger partial charge in [-0.1, -0.05) is 54.6 Å². The quantitative estimate of drug-likeness (QED) is 0.736. The van der Waals surface area contributed by atoms with Gasteiger partial charge in [-0.2, -0.15) is 0 Å². The number of likely N-dealkylation sites (N-methyl/N-ethyl adjacent to an activating group) is 1. The van der Waals surface area contributed by atoms with Gasteiger partial charge in [0, 0.05) is 13.5 Å². The van der Waals surface area contributed by atoms with Crippen LogP contribution in [0.1, 0.15) is 5.56 Å². The van der Waals surface area contributed by atoms with Crippen LogP contribution in [0.4, 0.5) is 0 Å². The highest BCUT2D eigenvalue weighted by atomic mass is 16.2. The summed E-state index contributed by atoms with van der Waals surface area (Å²) in [6.07, 6.45) is 0.908. The van der Waals surface area contributed by atoms with Crippen LogP contribution in [-0.4, -0.2) is 30.6 Å². The molecular weight excluding hydrogens is 272 g/mol. The van der Waals surface area contributed by atoms with Crippen LogP contribution in [0.3, 0.4) is 0 Å². The maximum Gasteiger partial charge on any atom is 0.237 e. The predicted molar refractivity (Wildman–Crippen MR) is 89.7 cm³/mol. The van der Waals surface area contributed by atoms with E-state index in [-0.39, 0.29) is 12.1 Å². The predicted octanol–water partition coefficient (Wildman–Crippen LogP) is 2.92. The van der Waals surface area contributed by atoms with Gasteiger partial charge in [-0.25, -0.2) is 0 Å². The van der Waals surface area contributed by atoms with Crippen molar-refractivity contribution < 1.29 is 4.79 Å². The van der Waals surface area contributed by atoms with Crippen LogP contribution in [0.5, 0.6) is 0 Å². The standard InChI is InChI=1S/C19H18N2O/c1-21-18(20-12-19(21)22)11-14-10-13-6-2-3-7-15(13)17-9-5-4-8-16(14)17/h2-10,18,20H,11-12H2,1H3/t18-/m0/s1. The second kappa shape index (κ2) is 5.11. The van der Waals surface area contributed by atoms with E-state index < -0.39 is 0 Å². The Labute approximate surface area is 129 Å². The fourth-order valence-corrected chi connectivity index (χ4v) is 3.36. The first kappa shape index (κ1) is 13.3. The summed E-state index contributed by atoms with van der Waals surface area (Å²) in [4.78, 5) is 13.5. The van der Waals surface area contributed by atoms with Gasteiger partial charge in [0.1, 0.15) is 0 Å². The van der Waals surface area contributed by atoms with E-state index in [4.69, 9.17) is 0 Å². The molecule has 3 aromatic carbocycles. The molecule has 1 atom stereocenters. The van der Waals surface area contributed by atoms with Gasteiger partial charge in [0.15, 0.2) is 0 Å². The van der Waals surface area contributed by atoms with E-state index in [1.807, 2.05) is 11.9 Å². The minimum Gasteiger partial charge on any atom is -0.329 e. The largest absolute Gasteiger partial charge is 0.329 e. The molecule has 0 bridgehead atoms. The molecule has 0 unspecified atom stereocenters. The third kappa shape index (κ3) is 2.06. The Balaban J connectivity index is 1.87. The van der Waals surface area contributed by atoms with E-state index in [1.165, 1.54) is 27.1 Å². The highest BCUT2D eigenvalue weighted by Crippen LogP contribution is 2.29. The number of nitrogens with one attached hydrogen (secondary N) is 1. The van der Waals surface area contributed by atoms with E-state index in [1.54, 1.807) is 0 Å². The molecule has 1 fully saturated rings. The number of hydrogen-bond acceptors (Lipinski definition) is 2. The summed E-state index contributed by atoms with van der Waals surface area (Å²) < 4.78 is 0. The number of rotatable bonds is 2. The van der Waals surface area contributed by atoms with Crippen LogP contribution in [0.25, 0.3) is 21.5 Å². The first-order chi connectivity index (χ1) is 10.7. The molecular formula is C19H18N2O. The van der Waals surface area contributed by atoms with Gasteiger partial charge in [0.25, 0.3) is 0 Å². The molecule has 1 heterocycles. The summed E-state index contributed by atoms with van der Waals surface area (Å²) >= 11 is 0. The molecule has 1 aliphatic rings. The molecule has 1 aliphatic heterocycles. The number of amides is 1. The van der Waals surface area contributed by atoms with Crippen molar-refractivity contribution in [1.29, 1.82) is 0 Å². The number of carbonyl (C=O) groups is 1. The zero-order chi connectivity index (χ0) is 15.1. The summed E-state index contributed by atoms with van der Waals surface area (Å²) in [7, 11) is 1.87. The minimum absolute atomic E-state index is 0.0806.